The van der Waals surface area contributed by atoms with Gasteiger partial charge in [0.05, 0.1) is 10.5 Å². The molecule has 0 bridgehead atoms. The van der Waals surface area contributed by atoms with Gasteiger partial charge in [0.2, 0.25) is 0 Å². The van der Waals surface area contributed by atoms with Crippen molar-refractivity contribution in [3.05, 3.63) is 52.6 Å². The first-order valence-corrected chi connectivity index (χ1v) is 9.15. The number of ether oxygens (including phenoxy) is 2. The monoisotopic (exact) mass is 342 g/mol. The molecule has 0 aromatic heterocycles. The van der Waals surface area contributed by atoms with Crippen LogP contribution in [-0.4, -0.2) is 11.4 Å². The zero-order valence-corrected chi connectivity index (χ0v) is 15.3. The first kappa shape index (κ1) is 16.9. The molecule has 0 N–H and O–H groups in total. The van der Waals surface area contributed by atoms with Gasteiger partial charge >= 0.3 is 5.97 Å². The lowest BCUT2D eigenvalue weighted by molar-refractivity contribution is 0.0731. The topological polar surface area (TPSA) is 35.5 Å². The predicted molar refractivity (Wildman–Crippen MR) is 97.2 cm³/mol. The van der Waals surface area contributed by atoms with Crippen LogP contribution in [0.5, 0.6) is 11.5 Å². The summed E-state index contributed by atoms with van der Waals surface area (Å²) in [7, 11) is 0. The fraction of sp³-hybridized carbons (Fsp3) is 0.350. The molecule has 0 amide bonds. The number of rotatable bonds is 4. The average Bonchev–Trinajstić information content (AvgIpc) is 3.02. The van der Waals surface area contributed by atoms with Crippen LogP contribution in [-0.2, 0) is 0 Å². The Balaban J connectivity index is 1.95. The number of benzene rings is 2. The maximum atomic E-state index is 12.4. The molecular formula is C20H22O3S. The maximum Gasteiger partial charge on any atom is 0.343 e. The average molecular weight is 342 g/mol. The summed E-state index contributed by atoms with van der Waals surface area (Å²) in [5, 5.41) is 0. The lowest BCUT2D eigenvalue weighted by atomic mass is 10.0. The molecule has 0 spiro atoms. The zero-order chi connectivity index (χ0) is 17.3. The molecule has 3 nitrogen and oxygen atoms in total. The normalized spacial score (nSPS) is 15.8. The number of carbonyl (C=O) groups is 1. The Morgan fingerprint density at radius 1 is 1.12 bits per heavy atom. The van der Waals surface area contributed by atoms with Crippen LogP contribution in [0.3, 0.4) is 0 Å². The van der Waals surface area contributed by atoms with Crippen LogP contribution in [0.1, 0.15) is 46.8 Å². The Hall–Kier alpha value is -1.94. The van der Waals surface area contributed by atoms with Crippen molar-refractivity contribution in [1.82, 2.24) is 0 Å². The molecule has 0 fully saturated rings. The lowest BCUT2D eigenvalue weighted by Crippen LogP contribution is -2.11. The highest BCUT2D eigenvalue weighted by molar-refractivity contribution is 8.00. The molecule has 1 unspecified atom stereocenters. The van der Waals surface area contributed by atoms with E-state index in [-0.39, 0.29) is 11.4 Å². The third-order valence-electron chi connectivity index (χ3n) is 4.36. The molecule has 4 heteroatoms. The molecule has 0 saturated heterocycles. The molecule has 24 heavy (non-hydrogen) atoms. The van der Waals surface area contributed by atoms with E-state index in [0.717, 1.165) is 40.2 Å². The molecule has 2 aromatic rings. The van der Waals surface area contributed by atoms with E-state index in [9.17, 15) is 4.79 Å². The van der Waals surface area contributed by atoms with Crippen LogP contribution >= 0.6 is 11.8 Å². The molecule has 1 aliphatic rings. The second kappa shape index (κ2) is 6.89. The highest BCUT2D eigenvalue weighted by Crippen LogP contribution is 2.50. The van der Waals surface area contributed by atoms with Gasteiger partial charge in [0.1, 0.15) is 16.9 Å². The van der Waals surface area contributed by atoms with Gasteiger partial charge in [-0.25, -0.2) is 4.79 Å². The molecule has 2 aromatic carbocycles. The largest absolute Gasteiger partial charge is 0.478 e. The molecule has 0 aliphatic carbocycles. The second-order valence-corrected chi connectivity index (χ2v) is 7.24. The zero-order valence-electron chi connectivity index (χ0n) is 14.5. The summed E-state index contributed by atoms with van der Waals surface area (Å²) in [5.41, 5.74) is 3.72. The minimum absolute atomic E-state index is 0.155. The molecule has 126 valence electrons. The highest BCUT2D eigenvalue weighted by Gasteiger charge is 2.30. The minimum atomic E-state index is -0.324. The summed E-state index contributed by atoms with van der Waals surface area (Å²) < 4.78 is 11.9. The smallest absolute Gasteiger partial charge is 0.343 e. The van der Waals surface area contributed by atoms with Crippen molar-refractivity contribution in [3.8, 4) is 11.5 Å². The maximum absolute atomic E-state index is 12.4. The van der Waals surface area contributed by atoms with Gasteiger partial charge in [-0.3, -0.25) is 0 Å². The summed E-state index contributed by atoms with van der Waals surface area (Å²) in [6, 6.07) is 9.09. The van der Waals surface area contributed by atoms with Gasteiger partial charge in [-0.05, 0) is 50.5 Å². The Bertz CT molecular complexity index is 768. The highest BCUT2D eigenvalue weighted by atomic mass is 32.2. The predicted octanol–water partition coefficient (Wildman–Crippen LogP) is 5.44. The molecule has 1 aliphatic heterocycles. The van der Waals surface area contributed by atoms with Crippen LogP contribution in [0, 0.1) is 20.8 Å². The van der Waals surface area contributed by atoms with E-state index >= 15 is 0 Å². The molecule has 0 saturated carbocycles. The van der Waals surface area contributed by atoms with Crippen molar-refractivity contribution in [3.63, 3.8) is 0 Å². The molecular weight excluding hydrogens is 320 g/mol. The van der Waals surface area contributed by atoms with Crippen LogP contribution < -0.4 is 9.47 Å². The summed E-state index contributed by atoms with van der Waals surface area (Å²) in [4.78, 5) is 13.5. The third-order valence-corrected chi connectivity index (χ3v) is 5.68. The van der Waals surface area contributed by atoms with E-state index in [1.54, 1.807) is 23.9 Å². The van der Waals surface area contributed by atoms with Crippen LogP contribution in [0.2, 0.25) is 0 Å². The first-order valence-electron chi connectivity index (χ1n) is 8.27. The Labute approximate surface area is 147 Å². The molecule has 0 radical (unpaired) electrons. The third kappa shape index (κ3) is 3.03. The number of fused-ring (bicyclic) bond motifs is 1. The van der Waals surface area contributed by atoms with E-state index in [0.29, 0.717) is 11.3 Å². The van der Waals surface area contributed by atoms with E-state index in [1.807, 2.05) is 39.0 Å². The van der Waals surface area contributed by atoms with Gasteiger partial charge in [0.15, 0.2) is 0 Å². The minimum Gasteiger partial charge on any atom is -0.478 e. The fourth-order valence-corrected chi connectivity index (χ4v) is 4.21. The second-order valence-electron chi connectivity index (χ2n) is 6.07. The Morgan fingerprint density at radius 2 is 1.83 bits per heavy atom. The fourth-order valence-electron chi connectivity index (χ4n) is 2.87. The number of carbonyl (C=O) groups excluding carboxylic acids is 1. The van der Waals surface area contributed by atoms with E-state index in [1.165, 1.54) is 0 Å². The number of esters is 1. The van der Waals surface area contributed by atoms with Crippen LogP contribution in [0.25, 0.3) is 0 Å². The van der Waals surface area contributed by atoms with Crippen LogP contribution in [0.4, 0.5) is 0 Å². The number of hydrogen-bond donors (Lipinski definition) is 0. The summed E-state index contributed by atoms with van der Waals surface area (Å²) >= 11 is 1.73. The van der Waals surface area contributed by atoms with E-state index in [2.05, 4.69) is 6.92 Å². The van der Waals surface area contributed by atoms with Gasteiger partial charge in [0, 0.05) is 5.56 Å². The quantitative estimate of drug-likeness (QED) is 0.547. The van der Waals surface area contributed by atoms with E-state index < -0.39 is 0 Å². The molecule has 3 rings (SSSR count). The SMILES string of the molecule is CCCC1Oc2c(C)c(C)c(OC(=O)c3ccccc3)c(C)c2S1. The molecule has 1 heterocycles. The standard InChI is InChI=1S/C20H22O3S/c1-5-9-16-22-18-13(3)12(2)17(14(4)19(18)24-16)23-20(21)15-10-7-6-8-11-15/h6-8,10-11,16H,5,9H2,1-4H3. The van der Waals surface area contributed by atoms with Gasteiger partial charge in [0.25, 0.3) is 0 Å². The summed E-state index contributed by atoms with van der Waals surface area (Å²) in [5.74, 6) is 1.29. The first-order chi connectivity index (χ1) is 11.5. The van der Waals surface area contributed by atoms with Crippen molar-refractivity contribution in [2.75, 3.05) is 0 Å². The van der Waals surface area contributed by atoms with Crippen molar-refractivity contribution in [2.24, 2.45) is 0 Å². The van der Waals surface area contributed by atoms with Crippen molar-refractivity contribution >= 4 is 17.7 Å². The van der Waals surface area contributed by atoms with Gasteiger partial charge in [-0.2, -0.15) is 0 Å². The lowest BCUT2D eigenvalue weighted by Gasteiger charge is -2.16. The Kier molecular flexibility index (Phi) is 4.86. The summed E-state index contributed by atoms with van der Waals surface area (Å²) in [6.45, 7) is 8.17. The van der Waals surface area contributed by atoms with E-state index in [4.69, 9.17) is 9.47 Å². The number of thioether (sulfide) groups is 1. The summed E-state index contributed by atoms with van der Waals surface area (Å²) in [6.07, 6.45) is 2.09. The van der Waals surface area contributed by atoms with Crippen molar-refractivity contribution < 1.29 is 14.3 Å². The van der Waals surface area contributed by atoms with Crippen molar-refractivity contribution in [1.29, 1.82) is 0 Å². The van der Waals surface area contributed by atoms with Gasteiger partial charge in [-0.1, -0.05) is 43.3 Å². The van der Waals surface area contributed by atoms with Gasteiger partial charge in [-0.15, -0.1) is 0 Å². The Morgan fingerprint density at radius 3 is 2.50 bits per heavy atom. The number of hydrogen-bond acceptors (Lipinski definition) is 4. The van der Waals surface area contributed by atoms with Crippen molar-refractivity contribution in [2.45, 2.75) is 50.9 Å². The molecule has 1 atom stereocenters. The van der Waals surface area contributed by atoms with Gasteiger partial charge < -0.3 is 9.47 Å². The van der Waals surface area contributed by atoms with Crippen LogP contribution in [0.15, 0.2) is 35.2 Å².